The molecule has 156 valence electrons. The number of aromatic nitrogens is 2. The molecule has 2 aromatic carbocycles. The van der Waals surface area contributed by atoms with Crippen molar-refractivity contribution >= 4 is 28.9 Å². The molecule has 0 aliphatic heterocycles. The van der Waals surface area contributed by atoms with Crippen molar-refractivity contribution in [2.24, 2.45) is 0 Å². The number of aromatic hydroxyl groups is 2. The Bertz CT molecular complexity index is 1210. The molecule has 7 nitrogen and oxygen atoms in total. The second kappa shape index (κ2) is 8.85. The normalized spacial score (nSPS) is 11.6. The molecule has 0 fully saturated rings. The highest BCUT2D eigenvalue weighted by Gasteiger charge is 2.15. The van der Waals surface area contributed by atoms with Gasteiger partial charge in [0, 0.05) is 18.0 Å². The molecular formula is C23H20N4O3S. The summed E-state index contributed by atoms with van der Waals surface area (Å²) in [5.41, 5.74) is 2.24. The van der Waals surface area contributed by atoms with Gasteiger partial charge in [-0.15, -0.1) is 11.3 Å². The van der Waals surface area contributed by atoms with Crippen LogP contribution in [-0.4, -0.2) is 26.1 Å². The molecule has 0 radical (unpaired) electrons. The van der Waals surface area contributed by atoms with Gasteiger partial charge in [-0.2, -0.15) is 0 Å². The highest BCUT2D eigenvalue weighted by Crippen LogP contribution is 2.30. The molecule has 0 saturated carbocycles. The Labute approximate surface area is 183 Å². The van der Waals surface area contributed by atoms with Crippen LogP contribution in [0.4, 0.5) is 11.6 Å². The van der Waals surface area contributed by atoms with E-state index >= 15 is 0 Å². The van der Waals surface area contributed by atoms with E-state index in [9.17, 15) is 15.0 Å². The van der Waals surface area contributed by atoms with E-state index in [2.05, 4.69) is 20.6 Å². The van der Waals surface area contributed by atoms with Gasteiger partial charge in [-0.3, -0.25) is 4.79 Å². The van der Waals surface area contributed by atoms with Gasteiger partial charge in [0.2, 0.25) is 5.95 Å². The number of carbonyl (C=O) groups is 1. The minimum atomic E-state index is -0.236. The van der Waals surface area contributed by atoms with Crippen LogP contribution in [-0.2, 0) is 0 Å². The molecular weight excluding hydrogens is 412 g/mol. The van der Waals surface area contributed by atoms with E-state index < -0.39 is 0 Å². The van der Waals surface area contributed by atoms with Crippen molar-refractivity contribution in [1.82, 2.24) is 15.3 Å². The van der Waals surface area contributed by atoms with Crippen molar-refractivity contribution in [2.75, 3.05) is 5.32 Å². The summed E-state index contributed by atoms with van der Waals surface area (Å²) in [4.78, 5) is 22.7. The van der Waals surface area contributed by atoms with Crippen molar-refractivity contribution in [3.05, 3.63) is 83.4 Å². The van der Waals surface area contributed by atoms with Crippen LogP contribution in [0.15, 0.2) is 72.9 Å². The SMILES string of the molecule is C[C@@H](NC(=O)c1ccc(-c2ccnc(Nc3ccc(O)c(O)c3)n2)s1)c1ccccc1. The molecule has 31 heavy (non-hydrogen) atoms. The summed E-state index contributed by atoms with van der Waals surface area (Å²) in [7, 11) is 0. The second-order valence-electron chi connectivity index (χ2n) is 6.86. The molecule has 0 unspecified atom stereocenters. The lowest BCUT2D eigenvalue weighted by atomic mass is 10.1. The van der Waals surface area contributed by atoms with Gasteiger partial charge < -0.3 is 20.8 Å². The molecule has 0 aliphatic rings. The third kappa shape index (κ3) is 4.81. The lowest BCUT2D eigenvalue weighted by Crippen LogP contribution is -2.25. The van der Waals surface area contributed by atoms with E-state index in [1.807, 2.05) is 43.3 Å². The maximum absolute atomic E-state index is 12.7. The monoisotopic (exact) mass is 432 g/mol. The smallest absolute Gasteiger partial charge is 0.261 e. The first kappa shape index (κ1) is 20.4. The average molecular weight is 433 g/mol. The van der Waals surface area contributed by atoms with Gasteiger partial charge in [0.1, 0.15) is 0 Å². The molecule has 8 heteroatoms. The number of hydrogen-bond acceptors (Lipinski definition) is 7. The van der Waals surface area contributed by atoms with Crippen LogP contribution in [0.2, 0.25) is 0 Å². The number of nitrogens with zero attached hydrogens (tertiary/aromatic N) is 2. The number of rotatable bonds is 6. The van der Waals surface area contributed by atoms with Gasteiger partial charge in [-0.05, 0) is 42.8 Å². The van der Waals surface area contributed by atoms with Gasteiger partial charge in [0.15, 0.2) is 11.5 Å². The Hall–Kier alpha value is -3.91. The topological polar surface area (TPSA) is 107 Å². The molecule has 0 saturated heterocycles. The third-order valence-electron chi connectivity index (χ3n) is 4.62. The Morgan fingerprint density at radius 2 is 1.81 bits per heavy atom. The first-order valence-electron chi connectivity index (χ1n) is 9.57. The van der Waals surface area contributed by atoms with Crippen LogP contribution in [0, 0.1) is 0 Å². The van der Waals surface area contributed by atoms with E-state index in [4.69, 9.17) is 0 Å². The first-order chi connectivity index (χ1) is 15.0. The zero-order valence-electron chi connectivity index (χ0n) is 16.6. The van der Waals surface area contributed by atoms with E-state index in [1.54, 1.807) is 24.4 Å². The highest BCUT2D eigenvalue weighted by molar-refractivity contribution is 7.17. The Morgan fingerprint density at radius 3 is 2.58 bits per heavy atom. The van der Waals surface area contributed by atoms with E-state index in [-0.39, 0.29) is 23.4 Å². The van der Waals surface area contributed by atoms with Crippen molar-refractivity contribution < 1.29 is 15.0 Å². The number of phenolic OH excluding ortho intramolecular Hbond substituents is 2. The fourth-order valence-corrected chi connectivity index (χ4v) is 3.86. The van der Waals surface area contributed by atoms with Crippen LogP contribution < -0.4 is 10.6 Å². The molecule has 2 aromatic heterocycles. The van der Waals surface area contributed by atoms with Gasteiger partial charge >= 0.3 is 0 Å². The molecule has 0 aliphatic carbocycles. The number of anilines is 2. The number of phenols is 2. The molecule has 4 N–H and O–H groups in total. The number of hydrogen-bond donors (Lipinski definition) is 4. The van der Waals surface area contributed by atoms with Crippen molar-refractivity contribution in [2.45, 2.75) is 13.0 Å². The Balaban J connectivity index is 1.48. The van der Waals surface area contributed by atoms with E-state index in [0.29, 0.717) is 22.2 Å². The third-order valence-corrected chi connectivity index (χ3v) is 5.72. The molecule has 4 aromatic rings. The predicted octanol–water partition coefficient (Wildman–Crippen LogP) is 4.85. The standard InChI is InChI=1S/C23H20N4O3S/c1-14(15-5-3-2-4-6-15)25-22(30)21-10-9-20(31-21)17-11-12-24-23(27-17)26-16-7-8-18(28)19(29)13-16/h2-14,28-29H,1H3,(H,25,30)(H,24,26,27)/t14-/m1/s1. The minimum Gasteiger partial charge on any atom is -0.504 e. The van der Waals surface area contributed by atoms with E-state index in [0.717, 1.165) is 10.4 Å². The lowest BCUT2D eigenvalue weighted by molar-refractivity contribution is 0.0944. The number of amides is 1. The van der Waals surface area contributed by atoms with Crippen LogP contribution in [0.1, 0.15) is 28.2 Å². The minimum absolute atomic E-state index is 0.101. The summed E-state index contributed by atoms with van der Waals surface area (Å²) in [6, 6.07) is 19.5. The summed E-state index contributed by atoms with van der Waals surface area (Å²) in [6.45, 7) is 1.95. The summed E-state index contributed by atoms with van der Waals surface area (Å²) in [5, 5.41) is 25.1. The molecule has 0 bridgehead atoms. The fourth-order valence-electron chi connectivity index (χ4n) is 2.98. The van der Waals surface area contributed by atoms with Gasteiger partial charge in [-0.25, -0.2) is 9.97 Å². The van der Waals surface area contributed by atoms with Crippen LogP contribution in [0.3, 0.4) is 0 Å². The Morgan fingerprint density at radius 1 is 1.00 bits per heavy atom. The largest absolute Gasteiger partial charge is 0.504 e. The zero-order valence-corrected chi connectivity index (χ0v) is 17.4. The van der Waals surface area contributed by atoms with Gasteiger partial charge in [-0.1, -0.05) is 30.3 Å². The van der Waals surface area contributed by atoms with Crippen LogP contribution in [0.25, 0.3) is 10.6 Å². The number of nitrogens with one attached hydrogen (secondary N) is 2. The molecule has 0 spiro atoms. The van der Waals surface area contributed by atoms with Gasteiger partial charge in [0.25, 0.3) is 5.91 Å². The molecule has 1 atom stereocenters. The highest BCUT2D eigenvalue weighted by atomic mass is 32.1. The summed E-state index contributed by atoms with van der Waals surface area (Å²) >= 11 is 1.35. The summed E-state index contributed by atoms with van der Waals surface area (Å²) in [5.74, 6) is -0.245. The average Bonchev–Trinajstić information content (AvgIpc) is 3.28. The zero-order chi connectivity index (χ0) is 21.8. The van der Waals surface area contributed by atoms with Crippen LogP contribution >= 0.6 is 11.3 Å². The van der Waals surface area contributed by atoms with Crippen LogP contribution in [0.5, 0.6) is 11.5 Å². The molecule has 2 heterocycles. The van der Waals surface area contributed by atoms with E-state index in [1.165, 1.54) is 23.5 Å². The number of carbonyl (C=O) groups excluding carboxylic acids is 1. The summed E-state index contributed by atoms with van der Waals surface area (Å²) in [6.07, 6.45) is 1.61. The maximum Gasteiger partial charge on any atom is 0.261 e. The van der Waals surface area contributed by atoms with Crippen molar-refractivity contribution in [3.63, 3.8) is 0 Å². The molecule has 1 amide bonds. The van der Waals surface area contributed by atoms with Crippen molar-refractivity contribution in [1.29, 1.82) is 0 Å². The second-order valence-corrected chi connectivity index (χ2v) is 7.95. The lowest BCUT2D eigenvalue weighted by Gasteiger charge is -2.13. The van der Waals surface area contributed by atoms with Gasteiger partial charge in [0.05, 0.1) is 21.5 Å². The Kier molecular flexibility index (Phi) is 5.81. The number of benzene rings is 2. The van der Waals surface area contributed by atoms with Crippen molar-refractivity contribution in [3.8, 4) is 22.1 Å². The fraction of sp³-hybridized carbons (Fsp3) is 0.0870. The first-order valence-corrected chi connectivity index (χ1v) is 10.4. The predicted molar refractivity (Wildman–Crippen MR) is 121 cm³/mol. The summed E-state index contributed by atoms with van der Waals surface area (Å²) < 4.78 is 0. The molecule has 4 rings (SSSR count). The number of thiophene rings is 1. The quantitative estimate of drug-likeness (QED) is 0.256. The maximum atomic E-state index is 12.7.